The van der Waals surface area contributed by atoms with Crippen LogP contribution >= 0.6 is 0 Å². The Morgan fingerprint density at radius 3 is 2.52 bits per heavy atom. The molecule has 1 saturated heterocycles. The van der Waals surface area contributed by atoms with Crippen molar-refractivity contribution in [3.8, 4) is 0 Å². The number of halogens is 2. The van der Waals surface area contributed by atoms with Crippen molar-refractivity contribution in [2.45, 2.75) is 58.4 Å². The second kappa shape index (κ2) is 5.88. The predicted molar refractivity (Wildman–Crippen MR) is 86.0 cm³/mol. The summed E-state index contributed by atoms with van der Waals surface area (Å²) in [5.74, 6) is -1.51. The molecule has 1 aliphatic heterocycles. The summed E-state index contributed by atoms with van der Waals surface area (Å²) in [7, 11) is 0. The predicted octanol–water partition coefficient (Wildman–Crippen LogP) is 4.50. The van der Waals surface area contributed by atoms with Crippen LogP contribution in [0.5, 0.6) is 0 Å². The molecular weight excluding hydrogens is 296 g/mol. The highest BCUT2D eigenvalue weighted by Crippen LogP contribution is 2.51. The first-order chi connectivity index (χ1) is 10.8. The fourth-order valence-corrected chi connectivity index (χ4v) is 3.91. The lowest BCUT2D eigenvalue weighted by Gasteiger charge is -2.30. The van der Waals surface area contributed by atoms with Crippen LogP contribution < -0.4 is 0 Å². The third-order valence-corrected chi connectivity index (χ3v) is 4.99. The number of amides is 1. The molecule has 0 bridgehead atoms. The van der Waals surface area contributed by atoms with E-state index in [-0.39, 0.29) is 34.8 Å². The molecule has 0 aromatic heterocycles. The molecule has 23 heavy (non-hydrogen) atoms. The van der Waals surface area contributed by atoms with Crippen LogP contribution in [0, 0.1) is 23.0 Å². The Morgan fingerprint density at radius 2 is 1.91 bits per heavy atom. The van der Waals surface area contributed by atoms with Crippen molar-refractivity contribution < 1.29 is 13.6 Å². The van der Waals surface area contributed by atoms with E-state index in [2.05, 4.69) is 20.8 Å². The average Bonchev–Trinajstić information content (AvgIpc) is 3.08. The Morgan fingerprint density at radius 1 is 1.26 bits per heavy atom. The van der Waals surface area contributed by atoms with Crippen LogP contribution in [0.3, 0.4) is 0 Å². The van der Waals surface area contributed by atoms with E-state index in [1.165, 1.54) is 18.2 Å². The summed E-state index contributed by atoms with van der Waals surface area (Å²) >= 11 is 0. The summed E-state index contributed by atoms with van der Waals surface area (Å²) in [6.07, 6.45) is 3.60. The Labute approximate surface area is 136 Å². The molecule has 0 spiro atoms. The first-order valence-corrected chi connectivity index (χ1v) is 8.52. The monoisotopic (exact) mass is 321 g/mol. The lowest BCUT2D eigenvalue weighted by Crippen LogP contribution is -2.38. The van der Waals surface area contributed by atoms with Gasteiger partial charge in [-0.1, -0.05) is 26.8 Å². The number of benzene rings is 1. The average molecular weight is 321 g/mol. The summed E-state index contributed by atoms with van der Waals surface area (Å²) in [5, 5.41) is 0. The highest BCUT2D eigenvalue weighted by atomic mass is 19.1. The van der Waals surface area contributed by atoms with E-state index < -0.39 is 11.6 Å². The first-order valence-electron chi connectivity index (χ1n) is 8.52. The largest absolute Gasteiger partial charge is 0.339 e. The minimum atomic E-state index is -0.530. The Hall–Kier alpha value is -1.45. The van der Waals surface area contributed by atoms with Gasteiger partial charge in [0.05, 0.1) is 0 Å². The first kappa shape index (κ1) is 16.4. The zero-order valence-electron chi connectivity index (χ0n) is 14.1. The van der Waals surface area contributed by atoms with Gasteiger partial charge >= 0.3 is 0 Å². The Kier molecular flexibility index (Phi) is 4.19. The zero-order chi connectivity index (χ0) is 16.8. The minimum absolute atomic E-state index is 0.0874. The van der Waals surface area contributed by atoms with E-state index >= 15 is 0 Å². The molecule has 2 nitrogen and oxygen atoms in total. The molecule has 2 fully saturated rings. The van der Waals surface area contributed by atoms with E-state index in [4.69, 9.17) is 0 Å². The molecule has 1 aliphatic carbocycles. The molecule has 4 heteroatoms. The van der Waals surface area contributed by atoms with Crippen molar-refractivity contribution in [2.75, 3.05) is 6.54 Å². The lowest BCUT2D eigenvalue weighted by molar-refractivity contribution is -0.133. The van der Waals surface area contributed by atoms with Crippen LogP contribution in [0.15, 0.2) is 18.2 Å². The number of rotatable bonds is 3. The van der Waals surface area contributed by atoms with Gasteiger partial charge in [0.2, 0.25) is 5.91 Å². The van der Waals surface area contributed by atoms with Gasteiger partial charge in [-0.2, -0.15) is 0 Å². The third-order valence-electron chi connectivity index (χ3n) is 4.99. The van der Waals surface area contributed by atoms with Crippen molar-refractivity contribution in [1.82, 2.24) is 4.90 Å². The van der Waals surface area contributed by atoms with Gasteiger partial charge in [0.25, 0.3) is 0 Å². The van der Waals surface area contributed by atoms with E-state index in [0.29, 0.717) is 6.42 Å². The van der Waals surface area contributed by atoms with E-state index in [1.807, 2.05) is 4.90 Å². The van der Waals surface area contributed by atoms with Crippen LogP contribution in [0.1, 0.15) is 57.9 Å². The van der Waals surface area contributed by atoms with Crippen LogP contribution in [0.4, 0.5) is 8.78 Å². The molecule has 1 heterocycles. The van der Waals surface area contributed by atoms with Gasteiger partial charge < -0.3 is 4.90 Å². The summed E-state index contributed by atoms with van der Waals surface area (Å²) in [6, 6.07) is 4.19. The Bertz CT molecular complexity index is 588. The lowest BCUT2D eigenvalue weighted by atomic mass is 9.87. The van der Waals surface area contributed by atoms with Crippen molar-refractivity contribution in [3.05, 3.63) is 35.4 Å². The van der Waals surface area contributed by atoms with Gasteiger partial charge in [0.1, 0.15) is 11.6 Å². The summed E-state index contributed by atoms with van der Waals surface area (Å²) < 4.78 is 27.8. The maximum Gasteiger partial charge on any atom is 0.226 e. The third kappa shape index (κ3) is 3.41. The van der Waals surface area contributed by atoms with Gasteiger partial charge in [-0.3, -0.25) is 4.79 Å². The van der Waals surface area contributed by atoms with E-state index in [0.717, 1.165) is 25.8 Å². The molecule has 0 N–H and O–H groups in total. The normalized spacial score (nSPS) is 27.3. The molecule has 1 saturated carbocycles. The van der Waals surface area contributed by atoms with Crippen molar-refractivity contribution >= 4 is 5.91 Å². The molecule has 2 aliphatic rings. The van der Waals surface area contributed by atoms with Gasteiger partial charge in [0.15, 0.2) is 0 Å². The number of hydrogen-bond acceptors (Lipinski definition) is 1. The number of nitrogens with zero attached hydrogens (tertiary/aromatic N) is 1. The van der Waals surface area contributed by atoms with Gasteiger partial charge in [0, 0.05) is 30.0 Å². The maximum atomic E-state index is 13.9. The SMILES string of the molecule is CC(C)(C)CC1CCCN1C(=O)C1CC1c1c(F)cccc1F. The summed E-state index contributed by atoms with van der Waals surface area (Å²) in [5.41, 5.74) is 0.270. The smallest absolute Gasteiger partial charge is 0.226 e. The second-order valence-corrected chi connectivity index (χ2v) is 8.18. The van der Waals surface area contributed by atoms with E-state index in [1.54, 1.807) is 0 Å². The summed E-state index contributed by atoms with van der Waals surface area (Å²) in [6.45, 7) is 7.33. The molecule has 1 aromatic rings. The highest BCUT2D eigenvalue weighted by Gasteiger charge is 2.49. The van der Waals surface area contributed by atoms with Crippen molar-refractivity contribution in [1.29, 1.82) is 0 Å². The van der Waals surface area contributed by atoms with Crippen molar-refractivity contribution in [3.63, 3.8) is 0 Å². The molecule has 3 unspecified atom stereocenters. The van der Waals surface area contributed by atoms with Crippen LogP contribution in [-0.2, 0) is 4.79 Å². The number of carbonyl (C=O) groups excluding carboxylic acids is 1. The molecular formula is C19H25F2NO. The fraction of sp³-hybridized carbons (Fsp3) is 0.632. The molecule has 0 radical (unpaired) electrons. The van der Waals surface area contributed by atoms with Crippen LogP contribution in [-0.4, -0.2) is 23.4 Å². The summed E-state index contributed by atoms with van der Waals surface area (Å²) in [4.78, 5) is 14.8. The number of hydrogen-bond donors (Lipinski definition) is 0. The topological polar surface area (TPSA) is 20.3 Å². The molecule has 3 atom stereocenters. The van der Waals surface area contributed by atoms with Crippen molar-refractivity contribution in [2.24, 2.45) is 11.3 Å². The minimum Gasteiger partial charge on any atom is -0.339 e. The zero-order valence-corrected chi connectivity index (χ0v) is 14.1. The van der Waals surface area contributed by atoms with Crippen LogP contribution in [0.25, 0.3) is 0 Å². The maximum absolute atomic E-state index is 13.9. The standard InChI is InChI=1S/C19H25F2NO/c1-19(2,3)11-12-6-5-9-22(12)18(23)14-10-13(14)17-15(20)7-4-8-16(17)21/h4,7-8,12-14H,5-6,9-11H2,1-3H3. The second-order valence-electron chi connectivity index (χ2n) is 8.18. The van der Waals surface area contributed by atoms with Gasteiger partial charge in [-0.15, -0.1) is 0 Å². The van der Waals surface area contributed by atoms with Gasteiger partial charge in [-0.05, 0) is 43.2 Å². The van der Waals surface area contributed by atoms with Gasteiger partial charge in [-0.25, -0.2) is 8.78 Å². The molecule has 1 amide bonds. The quantitative estimate of drug-likeness (QED) is 0.803. The number of carbonyl (C=O) groups is 1. The molecule has 3 rings (SSSR count). The molecule has 126 valence electrons. The molecule has 1 aromatic carbocycles. The fourth-order valence-electron chi connectivity index (χ4n) is 3.91. The number of likely N-dealkylation sites (tertiary alicyclic amines) is 1. The van der Waals surface area contributed by atoms with Crippen LogP contribution in [0.2, 0.25) is 0 Å². The Balaban J connectivity index is 1.70. The van der Waals surface area contributed by atoms with E-state index in [9.17, 15) is 13.6 Å². The highest BCUT2D eigenvalue weighted by molar-refractivity contribution is 5.83.